The second-order valence-corrected chi connectivity index (χ2v) is 13.0. The van der Waals surface area contributed by atoms with Crippen molar-refractivity contribution >= 4 is 34.7 Å². The van der Waals surface area contributed by atoms with Crippen molar-refractivity contribution in [1.29, 1.82) is 0 Å². The van der Waals surface area contributed by atoms with Crippen LogP contribution in [0.5, 0.6) is 11.5 Å². The van der Waals surface area contributed by atoms with E-state index in [0.717, 1.165) is 25.0 Å². The van der Waals surface area contributed by atoms with Crippen LogP contribution in [0.3, 0.4) is 0 Å². The molecule has 0 bridgehead atoms. The summed E-state index contributed by atoms with van der Waals surface area (Å²) in [6, 6.07) is 23.3. The highest BCUT2D eigenvalue weighted by atomic mass is 19.4. The zero-order valence-electron chi connectivity index (χ0n) is 31.4. The number of carbonyl (C=O) groups is 2. The molecule has 314 valence electrons. The molecule has 1 aliphatic rings. The van der Waals surface area contributed by atoms with Crippen molar-refractivity contribution in [1.82, 2.24) is 30.4 Å². The number of nitrogens with zero attached hydrogens (tertiary/aromatic N) is 6. The minimum Gasteiger partial charge on any atom is -0.497 e. The van der Waals surface area contributed by atoms with E-state index in [4.69, 9.17) is 18.9 Å². The average Bonchev–Trinajstić information content (AvgIpc) is 3.76. The number of carbonyl (C=O) groups excluding carboxylic acids is 2. The Bertz CT molecular complexity index is 2210. The molecule has 1 saturated heterocycles. The molecule has 0 spiro atoms. The minimum atomic E-state index is -5.35. The van der Waals surface area contributed by atoms with Crippen LogP contribution in [0.25, 0.3) is 11.2 Å². The fourth-order valence-corrected chi connectivity index (χ4v) is 6.37. The summed E-state index contributed by atoms with van der Waals surface area (Å²) in [6.45, 7) is -0.377. The SMILES string of the molecule is COc1ccc(C(OC[C@H]2O[C@@H](n3cnc4c(N(C)NC(=O)C(F)(F)F)nc(N(C)NC(=O)C(F)(F)F)nc43)[C@H](O)[C@@H]2O)(c2ccccc2)c2ccc(OC)cc2)cc1. The van der Waals surface area contributed by atoms with Gasteiger partial charge in [0.1, 0.15) is 35.4 Å². The van der Waals surface area contributed by atoms with Crippen molar-refractivity contribution in [2.24, 2.45) is 0 Å². The molecule has 3 heterocycles. The smallest absolute Gasteiger partial charge is 0.472 e. The number of rotatable bonds is 13. The number of imidazole rings is 1. The van der Waals surface area contributed by atoms with Gasteiger partial charge in [0.25, 0.3) is 0 Å². The third-order valence-corrected chi connectivity index (χ3v) is 9.31. The van der Waals surface area contributed by atoms with Crippen LogP contribution >= 0.6 is 0 Å². The first kappa shape index (κ1) is 42.4. The number of halogens is 6. The van der Waals surface area contributed by atoms with Crippen molar-refractivity contribution in [3.8, 4) is 11.5 Å². The number of ether oxygens (including phenoxy) is 4. The monoisotopic (exact) mass is 834 g/mol. The number of aliphatic hydroxyl groups is 2. The van der Waals surface area contributed by atoms with E-state index in [1.54, 1.807) is 48.5 Å². The van der Waals surface area contributed by atoms with Gasteiger partial charge in [0.2, 0.25) is 5.95 Å². The number of methoxy groups -OCH3 is 2. The van der Waals surface area contributed by atoms with Gasteiger partial charge in [-0.15, -0.1) is 0 Å². The summed E-state index contributed by atoms with van der Waals surface area (Å²) in [5, 5.41) is 23.7. The van der Waals surface area contributed by atoms with Crippen LogP contribution < -0.4 is 30.3 Å². The highest BCUT2D eigenvalue weighted by Gasteiger charge is 2.47. The predicted molar refractivity (Wildman–Crippen MR) is 195 cm³/mol. The standard InChI is InChI=1S/C37H36F6N8O8/c1-49(47-32(54)36(38,39)40)29-26-30(46-34(45-29)50(2)48-33(55)37(41,42)43)51(19-44-26)31-28(53)27(52)25(59-31)18-58-35(20-8-6-5-7-9-20,21-10-14-23(56-3)15-11-21)22-12-16-24(57-4)17-13-22/h5-17,19,25,27-28,31,52-53H,18H2,1-4H3,(H,47,54)(H,48,55)/t25-,27-,28-,31-/m1/s1. The summed E-state index contributed by atoms with van der Waals surface area (Å²) < 4.78 is 104. The largest absolute Gasteiger partial charge is 0.497 e. The second kappa shape index (κ2) is 16.6. The quantitative estimate of drug-likeness (QED) is 0.0768. The predicted octanol–water partition coefficient (Wildman–Crippen LogP) is 3.53. The highest BCUT2D eigenvalue weighted by Crippen LogP contribution is 2.43. The zero-order chi connectivity index (χ0) is 42.9. The number of hydrogen-bond acceptors (Lipinski definition) is 13. The number of aromatic nitrogens is 4. The Hall–Kier alpha value is -6.23. The average molecular weight is 835 g/mol. The molecule has 1 fully saturated rings. The summed E-state index contributed by atoms with van der Waals surface area (Å²) in [5.41, 5.74) is 2.91. The van der Waals surface area contributed by atoms with Gasteiger partial charge in [-0.25, -0.2) is 4.98 Å². The van der Waals surface area contributed by atoms with Gasteiger partial charge < -0.3 is 29.2 Å². The van der Waals surface area contributed by atoms with Gasteiger partial charge >= 0.3 is 24.2 Å². The minimum absolute atomic E-state index is 0.332. The van der Waals surface area contributed by atoms with Gasteiger partial charge in [0.05, 0.1) is 27.2 Å². The fourth-order valence-electron chi connectivity index (χ4n) is 6.37. The molecule has 4 N–H and O–H groups in total. The molecule has 0 aliphatic carbocycles. The molecule has 0 unspecified atom stereocenters. The zero-order valence-corrected chi connectivity index (χ0v) is 31.4. The Morgan fingerprint density at radius 3 is 1.78 bits per heavy atom. The van der Waals surface area contributed by atoms with E-state index in [2.05, 4.69) is 15.0 Å². The van der Waals surface area contributed by atoms with E-state index < -0.39 is 66.1 Å². The summed E-state index contributed by atoms with van der Waals surface area (Å²) in [6.07, 6.45) is -15.9. The molecule has 59 heavy (non-hydrogen) atoms. The topological polar surface area (TPSA) is 186 Å². The maximum absolute atomic E-state index is 13.2. The Labute approximate surface area is 330 Å². The van der Waals surface area contributed by atoms with E-state index in [9.17, 15) is 46.1 Å². The van der Waals surface area contributed by atoms with E-state index in [1.165, 1.54) is 25.1 Å². The van der Waals surface area contributed by atoms with Crippen LogP contribution in [0.2, 0.25) is 0 Å². The van der Waals surface area contributed by atoms with Gasteiger partial charge in [0, 0.05) is 14.1 Å². The molecule has 22 heteroatoms. The maximum Gasteiger partial charge on any atom is 0.472 e. The van der Waals surface area contributed by atoms with Gasteiger partial charge in [-0.1, -0.05) is 54.6 Å². The van der Waals surface area contributed by atoms with E-state index in [0.29, 0.717) is 38.2 Å². The summed E-state index contributed by atoms with van der Waals surface area (Å²) in [4.78, 5) is 35.8. The number of alkyl halides is 6. The molecular weight excluding hydrogens is 798 g/mol. The Balaban J connectivity index is 1.39. The van der Waals surface area contributed by atoms with Gasteiger partial charge in [-0.05, 0) is 41.0 Å². The molecule has 1 aliphatic heterocycles. The Morgan fingerprint density at radius 2 is 1.27 bits per heavy atom. The Kier molecular flexibility index (Phi) is 11.9. The number of hydrazine groups is 2. The maximum atomic E-state index is 13.2. The second-order valence-electron chi connectivity index (χ2n) is 13.0. The normalized spacial score (nSPS) is 18.4. The number of anilines is 2. The first-order valence-corrected chi connectivity index (χ1v) is 17.4. The lowest BCUT2D eigenvalue weighted by Gasteiger charge is -2.37. The molecule has 2 aromatic heterocycles. The van der Waals surface area contributed by atoms with E-state index >= 15 is 0 Å². The first-order chi connectivity index (χ1) is 27.9. The first-order valence-electron chi connectivity index (χ1n) is 17.4. The third kappa shape index (κ3) is 8.51. The number of hydrogen-bond donors (Lipinski definition) is 4. The number of amides is 2. The van der Waals surface area contributed by atoms with Crippen LogP contribution in [0.4, 0.5) is 38.1 Å². The molecule has 5 aromatic rings. The van der Waals surface area contributed by atoms with Crippen molar-refractivity contribution in [2.45, 2.75) is 42.5 Å². The molecule has 4 atom stereocenters. The third-order valence-electron chi connectivity index (χ3n) is 9.31. The van der Waals surface area contributed by atoms with Crippen LogP contribution in [0.15, 0.2) is 85.2 Å². The summed E-state index contributed by atoms with van der Waals surface area (Å²) in [5.74, 6) is -5.03. The van der Waals surface area contributed by atoms with Gasteiger partial charge in [-0.2, -0.15) is 36.3 Å². The molecule has 2 amide bonds. The van der Waals surface area contributed by atoms with E-state index in [1.807, 2.05) is 30.3 Å². The number of aliphatic hydroxyl groups excluding tert-OH is 2. The lowest BCUT2D eigenvalue weighted by atomic mass is 9.80. The van der Waals surface area contributed by atoms with Gasteiger partial charge in [0.15, 0.2) is 23.2 Å². The van der Waals surface area contributed by atoms with Crippen molar-refractivity contribution in [3.63, 3.8) is 0 Å². The molecule has 16 nitrogen and oxygen atoms in total. The molecule has 6 rings (SSSR count). The lowest BCUT2D eigenvalue weighted by Crippen LogP contribution is -2.48. The summed E-state index contributed by atoms with van der Waals surface area (Å²) >= 11 is 0. The van der Waals surface area contributed by atoms with Crippen molar-refractivity contribution < 1.29 is 65.1 Å². The van der Waals surface area contributed by atoms with E-state index in [-0.39, 0.29) is 17.8 Å². The van der Waals surface area contributed by atoms with Crippen molar-refractivity contribution in [2.75, 3.05) is 44.9 Å². The molecular formula is C37H36F6N8O8. The van der Waals surface area contributed by atoms with Crippen molar-refractivity contribution in [3.05, 3.63) is 102 Å². The number of benzene rings is 3. The molecule has 0 radical (unpaired) electrons. The van der Waals surface area contributed by atoms with Gasteiger partial charge in [-0.3, -0.25) is 35.0 Å². The highest BCUT2D eigenvalue weighted by molar-refractivity contribution is 5.89. The van der Waals surface area contributed by atoms with Crippen LogP contribution in [-0.4, -0.2) is 107 Å². The number of fused-ring (bicyclic) bond motifs is 1. The fraction of sp³-hybridized carbons (Fsp3) is 0.324. The molecule has 3 aromatic carbocycles. The summed E-state index contributed by atoms with van der Waals surface area (Å²) in [7, 11) is 4.88. The van der Waals surface area contributed by atoms with Crippen LogP contribution in [-0.2, 0) is 24.7 Å². The molecule has 0 saturated carbocycles. The van der Waals surface area contributed by atoms with Crippen LogP contribution in [0, 0.1) is 0 Å². The number of nitrogens with one attached hydrogen (secondary N) is 2. The lowest BCUT2D eigenvalue weighted by molar-refractivity contribution is -0.173. The Morgan fingerprint density at radius 1 is 0.763 bits per heavy atom. The van der Waals surface area contributed by atoms with Crippen LogP contribution in [0.1, 0.15) is 22.9 Å².